The molecular formula is C12H17BrClNO2S2. The van der Waals surface area contributed by atoms with E-state index in [4.69, 9.17) is 11.6 Å². The minimum atomic E-state index is -3.40. The van der Waals surface area contributed by atoms with Crippen LogP contribution in [-0.2, 0) is 10.0 Å². The predicted molar refractivity (Wildman–Crippen MR) is 83.4 cm³/mol. The molecule has 0 atom stereocenters. The lowest BCUT2D eigenvalue weighted by molar-refractivity contribution is 0.374. The molecule has 1 aliphatic carbocycles. The minimum absolute atomic E-state index is 0.184. The SMILES string of the molecule is CC(C)CCN(C1CC1)S(=O)(=O)c1cc(Cl)c(Br)s1. The van der Waals surface area contributed by atoms with Crippen molar-refractivity contribution in [1.29, 1.82) is 0 Å². The molecule has 0 bridgehead atoms. The zero-order valence-electron chi connectivity index (χ0n) is 10.9. The number of hydrogen-bond donors (Lipinski definition) is 0. The second kappa shape index (κ2) is 6.02. The van der Waals surface area contributed by atoms with Crippen LogP contribution in [0.1, 0.15) is 33.1 Å². The normalized spacial score (nSPS) is 16.5. The summed E-state index contributed by atoms with van der Waals surface area (Å²) >= 11 is 10.4. The summed E-state index contributed by atoms with van der Waals surface area (Å²) in [5.74, 6) is 0.495. The fourth-order valence-corrected chi connectivity index (χ4v) is 6.04. The molecule has 1 aliphatic rings. The van der Waals surface area contributed by atoms with Gasteiger partial charge in [0.2, 0.25) is 0 Å². The number of sulfonamides is 1. The summed E-state index contributed by atoms with van der Waals surface area (Å²) in [5.41, 5.74) is 0. The minimum Gasteiger partial charge on any atom is -0.206 e. The molecular weight excluding hydrogens is 370 g/mol. The van der Waals surface area contributed by atoms with Gasteiger partial charge in [0, 0.05) is 12.6 Å². The van der Waals surface area contributed by atoms with Crippen LogP contribution in [0.15, 0.2) is 14.1 Å². The average Bonchev–Trinajstić information content (AvgIpc) is 3.06. The highest BCUT2D eigenvalue weighted by Gasteiger charge is 2.38. The second-order valence-corrected chi connectivity index (χ2v) is 10.1. The third kappa shape index (κ3) is 3.73. The number of thiophene rings is 1. The Labute approximate surface area is 132 Å². The zero-order valence-corrected chi connectivity index (χ0v) is 14.9. The molecule has 0 unspecified atom stereocenters. The third-order valence-corrected chi connectivity index (χ3v) is 7.94. The molecule has 2 rings (SSSR count). The van der Waals surface area contributed by atoms with Crippen molar-refractivity contribution in [2.24, 2.45) is 5.92 Å². The molecule has 0 N–H and O–H groups in total. The van der Waals surface area contributed by atoms with Gasteiger partial charge in [-0.3, -0.25) is 0 Å². The quantitative estimate of drug-likeness (QED) is 0.728. The first kappa shape index (κ1) is 15.8. The van der Waals surface area contributed by atoms with E-state index in [0.717, 1.165) is 19.3 Å². The highest BCUT2D eigenvalue weighted by atomic mass is 79.9. The number of hydrogen-bond acceptors (Lipinski definition) is 3. The molecule has 3 nitrogen and oxygen atoms in total. The lowest BCUT2D eigenvalue weighted by atomic mass is 10.1. The van der Waals surface area contributed by atoms with Gasteiger partial charge < -0.3 is 0 Å². The molecule has 19 heavy (non-hydrogen) atoms. The van der Waals surface area contributed by atoms with Gasteiger partial charge in [0.05, 0.1) is 8.81 Å². The summed E-state index contributed by atoms with van der Waals surface area (Å²) in [6.45, 7) is 4.81. The van der Waals surface area contributed by atoms with E-state index in [1.165, 1.54) is 17.4 Å². The van der Waals surface area contributed by atoms with Crippen LogP contribution in [0.3, 0.4) is 0 Å². The summed E-state index contributed by atoms with van der Waals surface area (Å²) in [6.07, 6.45) is 2.82. The fraction of sp³-hybridized carbons (Fsp3) is 0.667. The zero-order chi connectivity index (χ0) is 14.2. The van der Waals surface area contributed by atoms with Crippen molar-refractivity contribution >= 4 is 48.9 Å². The predicted octanol–water partition coefficient (Wildman–Crippen LogP) is 4.36. The summed E-state index contributed by atoms with van der Waals surface area (Å²) in [4.78, 5) is 0. The maximum absolute atomic E-state index is 12.6. The average molecular weight is 387 g/mol. The van der Waals surface area contributed by atoms with Crippen molar-refractivity contribution in [2.75, 3.05) is 6.54 Å². The molecule has 1 aromatic rings. The highest BCUT2D eigenvalue weighted by molar-refractivity contribution is 9.11. The van der Waals surface area contributed by atoms with Gasteiger partial charge >= 0.3 is 0 Å². The van der Waals surface area contributed by atoms with Gasteiger partial charge in [-0.2, -0.15) is 4.31 Å². The number of rotatable bonds is 6. The summed E-state index contributed by atoms with van der Waals surface area (Å²) in [7, 11) is -3.40. The van der Waals surface area contributed by atoms with Crippen molar-refractivity contribution in [3.8, 4) is 0 Å². The molecule has 1 fully saturated rings. The Hall–Kier alpha value is 0.380. The Morgan fingerprint density at radius 2 is 2.16 bits per heavy atom. The van der Waals surface area contributed by atoms with E-state index in [9.17, 15) is 8.42 Å². The molecule has 108 valence electrons. The van der Waals surface area contributed by atoms with E-state index in [-0.39, 0.29) is 6.04 Å². The van der Waals surface area contributed by atoms with E-state index in [1.807, 2.05) is 0 Å². The van der Waals surface area contributed by atoms with Crippen molar-refractivity contribution in [3.05, 3.63) is 14.9 Å². The summed E-state index contributed by atoms with van der Waals surface area (Å²) < 4.78 is 28.0. The Balaban J connectivity index is 2.24. The molecule has 0 aromatic carbocycles. The third-order valence-electron chi connectivity index (χ3n) is 3.07. The highest BCUT2D eigenvalue weighted by Crippen LogP contribution is 2.39. The van der Waals surface area contributed by atoms with Gasteiger partial charge in [0.25, 0.3) is 10.0 Å². The molecule has 0 aliphatic heterocycles. The maximum atomic E-state index is 12.6. The van der Waals surface area contributed by atoms with Crippen molar-refractivity contribution < 1.29 is 8.42 Å². The molecule has 7 heteroatoms. The molecule has 0 saturated heterocycles. The summed E-state index contributed by atoms with van der Waals surface area (Å²) in [6, 6.07) is 1.72. The van der Waals surface area contributed by atoms with Gasteiger partial charge in [-0.25, -0.2) is 8.42 Å². The van der Waals surface area contributed by atoms with Crippen LogP contribution >= 0.6 is 38.9 Å². The number of halogens is 2. The number of nitrogens with zero attached hydrogens (tertiary/aromatic N) is 1. The van der Waals surface area contributed by atoms with Crippen molar-refractivity contribution in [1.82, 2.24) is 4.31 Å². The first-order valence-corrected chi connectivity index (χ1v) is 9.71. The van der Waals surface area contributed by atoms with Crippen LogP contribution in [0.25, 0.3) is 0 Å². The van der Waals surface area contributed by atoms with Gasteiger partial charge in [-0.1, -0.05) is 25.4 Å². The van der Waals surface area contributed by atoms with Crippen LogP contribution in [-0.4, -0.2) is 25.3 Å². The van der Waals surface area contributed by atoms with E-state index in [1.54, 1.807) is 4.31 Å². The van der Waals surface area contributed by atoms with Gasteiger partial charge in [-0.05, 0) is 47.2 Å². The Morgan fingerprint density at radius 3 is 2.58 bits per heavy atom. The molecule has 0 spiro atoms. The Kier molecular flexibility index (Phi) is 4.99. The first-order chi connectivity index (χ1) is 8.82. The van der Waals surface area contributed by atoms with Gasteiger partial charge in [0.1, 0.15) is 4.21 Å². The molecule has 1 saturated carbocycles. The molecule has 1 heterocycles. The Bertz CT molecular complexity index is 533. The smallest absolute Gasteiger partial charge is 0.206 e. The molecule has 0 radical (unpaired) electrons. The lowest BCUT2D eigenvalue weighted by Gasteiger charge is -2.21. The van der Waals surface area contributed by atoms with Crippen molar-refractivity contribution in [2.45, 2.75) is 43.4 Å². The standard InChI is InChI=1S/C12H17BrClNO2S2/c1-8(2)5-6-15(9-3-4-9)19(16,17)11-7-10(14)12(13)18-11/h7-9H,3-6H2,1-2H3. The largest absolute Gasteiger partial charge is 0.252 e. The van der Waals surface area contributed by atoms with Crippen LogP contribution < -0.4 is 0 Å². The van der Waals surface area contributed by atoms with E-state index in [0.29, 0.717) is 25.5 Å². The van der Waals surface area contributed by atoms with Crippen molar-refractivity contribution in [3.63, 3.8) is 0 Å². The van der Waals surface area contributed by atoms with E-state index >= 15 is 0 Å². The van der Waals surface area contributed by atoms with Crippen LogP contribution in [0.2, 0.25) is 5.02 Å². The monoisotopic (exact) mass is 385 g/mol. The van der Waals surface area contributed by atoms with E-state index < -0.39 is 10.0 Å². The van der Waals surface area contributed by atoms with Crippen LogP contribution in [0.5, 0.6) is 0 Å². The van der Waals surface area contributed by atoms with Gasteiger partial charge in [-0.15, -0.1) is 11.3 Å². The second-order valence-electron chi connectivity index (χ2n) is 5.22. The molecule has 0 amide bonds. The van der Waals surface area contributed by atoms with Crippen LogP contribution in [0, 0.1) is 5.92 Å². The topological polar surface area (TPSA) is 37.4 Å². The van der Waals surface area contributed by atoms with Gasteiger partial charge in [0.15, 0.2) is 0 Å². The first-order valence-electron chi connectivity index (χ1n) is 6.29. The lowest BCUT2D eigenvalue weighted by Crippen LogP contribution is -2.34. The molecule has 1 aromatic heterocycles. The van der Waals surface area contributed by atoms with E-state index in [2.05, 4.69) is 29.8 Å². The van der Waals surface area contributed by atoms with Crippen LogP contribution in [0.4, 0.5) is 0 Å². The Morgan fingerprint density at radius 1 is 1.53 bits per heavy atom. The maximum Gasteiger partial charge on any atom is 0.252 e. The summed E-state index contributed by atoms with van der Waals surface area (Å²) in [5, 5.41) is 0.461. The fourth-order valence-electron chi connectivity index (χ4n) is 1.82.